The van der Waals surface area contributed by atoms with E-state index in [0.717, 1.165) is 6.42 Å². The molecular formula is C15H23NO3S. The van der Waals surface area contributed by atoms with Gasteiger partial charge in [-0.15, -0.1) is 0 Å². The van der Waals surface area contributed by atoms with Gasteiger partial charge in [0.25, 0.3) is 0 Å². The van der Waals surface area contributed by atoms with Crippen LogP contribution in [0, 0.1) is 5.92 Å². The number of Topliss-reactive ketones (excluding diaryl/α,β-unsaturated/α-hetero) is 1. The molecule has 0 saturated heterocycles. The van der Waals surface area contributed by atoms with Crippen molar-refractivity contribution in [3.05, 3.63) is 29.8 Å². The molecule has 4 nitrogen and oxygen atoms in total. The van der Waals surface area contributed by atoms with Crippen LogP contribution in [0.3, 0.4) is 0 Å². The SMILES string of the molecule is CCC(=O)c1cccc(S(=O)(=O)N(C)CCC(C)C)c1. The molecule has 1 rings (SSSR count). The fraction of sp³-hybridized carbons (Fsp3) is 0.533. The zero-order valence-corrected chi connectivity index (χ0v) is 13.4. The summed E-state index contributed by atoms with van der Waals surface area (Å²) in [5.41, 5.74) is 0.450. The molecule has 0 aliphatic carbocycles. The first-order valence-corrected chi connectivity index (χ1v) is 8.32. The van der Waals surface area contributed by atoms with Crippen LogP contribution in [0.4, 0.5) is 0 Å². The zero-order chi connectivity index (χ0) is 15.3. The Hall–Kier alpha value is -1.20. The van der Waals surface area contributed by atoms with E-state index in [2.05, 4.69) is 13.8 Å². The van der Waals surface area contributed by atoms with E-state index in [9.17, 15) is 13.2 Å². The molecule has 1 aromatic carbocycles. The number of ketones is 1. The van der Waals surface area contributed by atoms with Crippen LogP contribution >= 0.6 is 0 Å². The van der Waals surface area contributed by atoms with E-state index in [0.29, 0.717) is 24.4 Å². The Bertz CT molecular complexity index is 564. The maximum absolute atomic E-state index is 12.4. The lowest BCUT2D eigenvalue weighted by Gasteiger charge is -2.18. The molecule has 0 N–H and O–H groups in total. The number of hydrogen-bond acceptors (Lipinski definition) is 3. The van der Waals surface area contributed by atoms with E-state index in [-0.39, 0.29) is 10.7 Å². The van der Waals surface area contributed by atoms with Gasteiger partial charge in [0.1, 0.15) is 0 Å². The van der Waals surface area contributed by atoms with Crippen LogP contribution in [0.25, 0.3) is 0 Å². The second kappa shape index (κ2) is 6.99. The van der Waals surface area contributed by atoms with Gasteiger partial charge in [0.2, 0.25) is 10.0 Å². The number of rotatable bonds is 7. The first-order chi connectivity index (χ1) is 9.28. The standard InChI is InChI=1S/C15H23NO3S/c1-5-15(17)13-7-6-8-14(11-13)20(18,19)16(4)10-9-12(2)3/h6-8,11-12H,5,9-10H2,1-4H3. The average molecular weight is 297 g/mol. The Balaban J connectivity index is 3.00. The van der Waals surface area contributed by atoms with Gasteiger partial charge in [-0.05, 0) is 24.5 Å². The lowest BCUT2D eigenvalue weighted by atomic mass is 10.1. The van der Waals surface area contributed by atoms with E-state index >= 15 is 0 Å². The molecule has 0 atom stereocenters. The highest BCUT2D eigenvalue weighted by molar-refractivity contribution is 7.89. The molecule has 0 amide bonds. The molecule has 112 valence electrons. The largest absolute Gasteiger partial charge is 0.294 e. The van der Waals surface area contributed by atoms with Gasteiger partial charge in [-0.2, -0.15) is 0 Å². The van der Waals surface area contributed by atoms with Crippen molar-refractivity contribution in [2.24, 2.45) is 5.92 Å². The predicted molar refractivity (Wildman–Crippen MR) is 80.3 cm³/mol. The van der Waals surface area contributed by atoms with Crippen molar-refractivity contribution in [1.82, 2.24) is 4.31 Å². The van der Waals surface area contributed by atoms with Crippen LogP contribution in [0.1, 0.15) is 44.0 Å². The first-order valence-electron chi connectivity index (χ1n) is 6.88. The fourth-order valence-corrected chi connectivity index (χ4v) is 3.01. The number of sulfonamides is 1. The second-order valence-corrected chi connectivity index (χ2v) is 7.36. The number of benzene rings is 1. The Morgan fingerprint density at radius 3 is 2.50 bits per heavy atom. The normalized spacial score (nSPS) is 12.1. The van der Waals surface area contributed by atoms with E-state index in [1.54, 1.807) is 26.1 Å². The van der Waals surface area contributed by atoms with Crippen LogP contribution in [-0.2, 0) is 10.0 Å². The number of carbonyl (C=O) groups excluding carboxylic acids is 1. The van der Waals surface area contributed by atoms with Crippen molar-refractivity contribution < 1.29 is 13.2 Å². The maximum atomic E-state index is 12.4. The molecule has 0 unspecified atom stereocenters. The minimum Gasteiger partial charge on any atom is -0.294 e. The molecule has 5 heteroatoms. The molecule has 0 spiro atoms. The summed E-state index contributed by atoms with van der Waals surface area (Å²) in [5, 5.41) is 0. The van der Waals surface area contributed by atoms with Crippen molar-refractivity contribution in [2.75, 3.05) is 13.6 Å². The minimum atomic E-state index is -3.52. The number of carbonyl (C=O) groups is 1. The molecule has 0 radical (unpaired) electrons. The van der Waals surface area contributed by atoms with Gasteiger partial charge in [-0.25, -0.2) is 12.7 Å². The minimum absolute atomic E-state index is 0.0492. The van der Waals surface area contributed by atoms with Crippen molar-refractivity contribution >= 4 is 15.8 Å². The summed E-state index contributed by atoms with van der Waals surface area (Å²) >= 11 is 0. The summed E-state index contributed by atoms with van der Waals surface area (Å²) < 4.78 is 26.2. The quantitative estimate of drug-likeness (QED) is 0.727. The molecular weight excluding hydrogens is 274 g/mol. The van der Waals surface area contributed by atoms with Gasteiger partial charge in [0, 0.05) is 25.6 Å². The van der Waals surface area contributed by atoms with Gasteiger partial charge >= 0.3 is 0 Å². The molecule has 0 aliphatic rings. The van der Waals surface area contributed by atoms with Crippen LogP contribution in [0.15, 0.2) is 29.2 Å². The van der Waals surface area contributed by atoms with Gasteiger partial charge in [0.15, 0.2) is 5.78 Å². The smallest absolute Gasteiger partial charge is 0.242 e. The fourth-order valence-electron chi connectivity index (χ4n) is 1.77. The van der Waals surface area contributed by atoms with Gasteiger partial charge in [-0.3, -0.25) is 4.79 Å². The van der Waals surface area contributed by atoms with Gasteiger partial charge in [-0.1, -0.05) is 32.9 Å². The molecule has 0 saturated carbocycles. The first kappa shape index (κ1) is 16.9. The molecule has 0 aromatic heterocycles. The Morgan fingerprint density at radius 2 is 1.95 bits per heavy atom. The highest BCUT2D eigenvalue weighted by Crippen LogP contribution is 2.18. The Kier molecular flexibility index (Phi) is 5.89. The Labute approximate surface area is 121 Å². The monoisotopic (exact) mass is 297 g/mol. The number of hydrogen-bond donors (Lipinski definition) is 0. The molecule has 0 fully saturated rings. The summed E-state index contributed by atoms with van der Waals surface area (Å²) in [4.78, 5) is 11.9. The number of nitrogens with zero attached hydrogens (tertiary/aromatic N) is 1. The topological polar surface area (TPSA) is 54.5 Å². The second-order valence-electron chi connectivity index (χ2n) is 5.31. The summed E-state index contributed by atoms with van der Waals surface area (Å²) in [6.45, 7) is 6.35. The summed E-state index contributed by atoms with van der Waals surface area (Å²) in [6, 6.07) is 6.27. The summed E-state index contributed by atoms with van der Waals surface area (Å²) in [5.74, 6) is 0.396. The molecule has 1 aromatic rings. The van der Waals surface area contributed by atoms with E-state index in [1.165, 1.54) is 16.4 Å². The van der Waals surface area contributed by atoms with Crippen LogP contribution in [0.2, 0.25) is 0 Å². The molecule has 0 heterocycles. The van der Waals surface area contributed by atoms with E-state index < -0.39 is 10.0 Å². The van der Waals surface area contributed by atoms with Crippen molar-refractivity contribution in [3.8, 4) is 0 Å². The maximum Gasteiger partial charge on any atom is 0.242 e. The van der Waals surface area contributed by atoms with Gasteiger partial charge in [0.05, 0.1) is 4.90 Å². The third-order valence-corrected chi connectivity index (χ3v) is 5.06. The average Bonchev–Trinajstić information content (AvgIpc) is 2.43. The summed E-state index contributed by atoms with van der Waals surface area (Å²) in [7, 11) is -1.94. The van der Waals surface area contributed by atoms with Crippen molar-refractivity contribution in [3.63, 3.8) is 0 Å². The highest BCUT2D eigenvalue weighted by Gasteiger charge is 2.21. The van der Waals surface area contributed by atoms with E-state index in [4.69, 9.17) is 0 Å². The molecule has 0 bridgehead atoms. The van der Waals surface area contributed by atoms with Crippen LogP contribution < -0.4 is 0 Å². The van der Waals surface area contributed by atoms with Crippen LogP contribution in [-0.4, -0.2) is 32.1 Å². The lowest BCUT2D eigenvalue weighted by molar-refractivity contribution is 0.0988. The van der Waals surface area contributed by atoms with Crippen molar-refractivity contribution in [2.45, 2.75) is 38.5 Å². The third-order valence-electron chi connectivity index (χ3n) is 3.21. The zero-order valence-electron chi connectivity index (χ0n) is 12.6. The van der Waals surface area contributed by atoms with Crippen LogP contribution in [0.5, 0.6) is 0 Å². The molecule has 20 heavy (non-hydrogen) atoms. The van der Waals surface area contributed by atoms with E-state index in [1.807, 2.05) is 0 Å². The lowest BCUT2D eigenvalue weighted by Crippen LogP contribution is -2.28. The third kappa shape index (κ3) is 4.15. The summed E-state index contributed by atoms with van der Waals surface area (Å²) in [6.07, 6.45) is 1.18. The van der Waals surface area contributed by atoms with Crippen molar-refractivity contribution in [1.29, 1.82) is 0 Å². The van der Waals surface area contributed by atoms with Gasteiger partial charge < -0.3 is 0 Å². The molecule has 0 aliphatic heterocycles. The predicted octanol–water partition coefficient (Wildman–Crippen LogP) is 2.95. The Morgan fingerprint density at radius 1 is 1.30 bits per heavy atom. The highest BCUT2D eigenvalue weighted by atomic mass is 32.2.